The first-order valence-corrected chi connectivity index (χ1v) is 14.5. The molecule has 1 N–H and O–H groups in total. The molecule has 4 rings (SSSR count). The number of nitro groups is 1. The Balaban J connectivity index is 0.00000576. The maximum Gasteiger partial charge on any atom is 0.409 e. The van der Waals surface area contributed by atoms with Crippen LogP contribution in [-0.4, -0.2) is 55.7 Å². The lowest BCUT2D eigenvalue weighted by atomic mass is 10.2. The number of esters is 2. The van der Waals surface area contributed by atoms with Crippen molar-refractivity contribution in [3.63, 3.8) is 0 Å². The summed E-state index contributed by atoms with van der Waals surface area (Å²) in [7, 11) is 1.77. The highest BCUT2D eigenvalue weighted by molar-refractivity contribution is 7.21. The number of nitrogens with one attached hydrogen (secondary N) is 1. The van der Waals surface area contributed by atoms with Crippen LogP contribution in [0.15, 0.2) is 77.0 Å². The fourth-order valence-electron chi connectivity index (χ4n) is 4.16. The van der Waals surface area contributed by atoms with Gasteiger partial charge < -0.3 is 36.8 Å². The fraction of sp³-hybridized carbons (Fsp3) is 0.267. The average molecular weight is 671 g/mol. The summed E-state index contributed by atoms with van der Waals surface area (Å²) in [6.07, 6.45) is 0. The molecule has 1 aromatic heterocycles. The van der Waals surface area contributed by atoms with Gasteiger partial charge in [-0.05, 0) is 52.8 Å². The fourth-order valence-corrected chi connectivity index (χ4v) is 5.16. The number of fused-ring (bicyclic) bond motifs is 1. The number of nitrogens with zero attached hydrogens (tertiary/aromatic N) is 5. The van der Waals surface area contributed by atoms with Crippen molar-refractivity contribution in [2.45, 2.75) is 13.8 Å². The van der Waals surface area contributed by atoms with E-state index < -0.39 is 22.8 Å². The predicted octanol–water partition coefficient (Wildman–Crippen LogP) is 2.00. The molecule has 0 aliphatic heterocycles. The number of hydrogen-bond acceptors (Lipinski definition) is 12. The summed E-state index contributed by atoms with van der Waals surface area (Å²) >= 11 is 1.23. The molecule has 1 amide bonds. The third-order valence-electron chi connectivity index (χ3n) is 6.31. The number of aromatic nitrogens is 1. The monoisotopic (exact) mass is 670 g/mol. The first-order chi connectivity index (χ1) is 21.6. The Hall–Kier alpha value is -5.15. The number of non-ortho nitro benzene ring substituents is 1. The first-order valence-electron chi connectivity index (χ1n) is 13.7. The van der Waals surface area contributed by atoms with E-state index in [1.54, 1.807) is 60.1 Å². The van der Waals surface area contributed by atoms with Crippen LogP contribution in [0.2, 0.25) is 0 Å². The minimum absolute atomic E-state index is 0. The molecule has 0 radical (unpaired) electrons. The van der Waals surface area contributed by atoms with Gasteiger partial charge in [0, 0.05) is 31.7 Å². The van der Waals surface area contributed by atoms with Crippen LogP contribution in [0.3, 0.4) is 0 Å². The normalized spacial score (nSPS) is 10.7. The van der Waals surface area contributed by atoms with Crippen molar-refractivity contribution < 1.29 is 50.5 Å². The van der Waals surface area contributed by atoms with Gasteiger partial charge in [0.2, 0.25) is 0 Å². The molecule has 0 fully saturated rings. The Morgan fingerprint density at radius 3 is 2.26 bits per heavy atom. The number of ether oxygens (including phenoxy) is 3. The molecule has 0 spiro atoms. The Bertz CT molecular complexity index is 1710. The average Bonchev–Trinajstić information content (AvgIpc) is 3.33. The van der Waals surface area contributed by atoms with Gasteiger partial charge in [-0.1, -0.05) is 18.2 Å². The Kier molecular flexibility index (Phi) is 12.9. The molecule has 3 aromatic carbocycles. The van der Waals surface area contributed by atoms with E-state index >= 15 is 0 Å². The number of para-hydroxylation sites is 1. The maximum absolute atomic E-state index is 13.0. The minimum atomic E-state index is -0.458. The molecule has 0 aliphatic carbocycles. The summed E-state index contributed by atoms with van der Waals surface area (Å²) in [6.45, 7) is 3.11. The second-order valence-corrected chi connectivity index (χ2v) is 10.6. The summed E-state index contributed by atoms with van der Waals surface area (Å²) in [5.41, 5.74) is 2.00. The summed E-state index contributed by atoms with van der Waals surface area (Å²) in [6, 6.07) is 18.5. The number of amides is 1. The Morgan fingerprint density at radius 2 is 1.63 bits per heavy atom. The van der Waals surface area contributed by atoms with Gasteiger partial charge in [0.05, 0.1) is 40.6 Å². The highest BCUT2D eigenvalue weighted by Crippen LogP contribution is 2.34. The van der Waals surface area contributed by atoms with Crippen LogP contribution in [0.4, 0.5) is 27.9 Å². The number of carbonyl (C=O) groups is 3. The van der Waals surface area contributed by atoms with Crippen molar-refractivity contribution in [3.05, 3.63) is 76.8 Å². The van der Waals surface area contributed by atoms with Gasteiger partial charge >= 0.3 is 17.1 Å². The second-order valence-electron chi connectivity index (χ2n) is 9.57. The van der Waals surface area contributed by atoms with Crippen molar-refractivity contribution in [1.29, 1.82) is 0 Å². The molecular formula is C30H31ClN6O8S. The smallest absolute Gasteiger partial charge is 0.409 e. The molecule has 16 heteroatoms. The Labute approximate surface area is 274 Å². The first kappa shape index (κ1) is 35.3. The number of anilines is 2. The highest BCUT2D eigenvalue weighted by atomic mass is 35.5. The van der Waals surface area contributed by atoms with E-state index in [0.717, 1.165) is 5.52 Å². The number of carbonyl (C=O) groups excluding carboxylic acids is 3. The van der Waals surface area contributed by atoms with Crippen molar-refractivity contribution >= 4 is 67.3 Å². The molecule has 14 nitrogen and oxygen atoms in total. The summed E-state index contributed by atoms with van der Waals surface area (Å²) in [5, 5.41) is 23.3. The van der Waals surface area contributed by atoms with Crippen molar-refractivity contribution in [1.82, 2.24) is 0 Å². The van der Waals surface area contributed by atoms with Gasteiger partial charge in [-0.3, -0.25) is 24.5 Å². The van der Waals surface area contributed by atoms with Crippen LogP contribution >= 0.6 is 11.3 Å². The van der Waals surface area contributed by atoms with Crippen LogP contribution in [-0.2, 0) is 30.9 Å². The van der Waals surface area contributed by atoms with Crippen LogP contribution in [0.1, 0.15) is 13.8 Å². The number of hydrogen-bond donors (Lipinski definition) is 1. The molecule has 0 atom stereocenters. The third-order valence-corrected chi connectivity index (χ3v) is 7.40. The quantitative estimate of drug-likeness (QED) is 0.0694. The van der Waals surface area contributed by atoms with Gasteiger partial charge in [0.25, 0.3) is 11.6 Å². The van der Waals surface area contributed by atoms with Gasteiger partial charge in [-0.15, -0.1) is 0 Å². The van der Waals surface area contributed by atoms with Crippen LogP contribution in [0.5, 0.6) is 5.75 Å². The van der Waals surface area contributed by atoms with E-state index in [4.69, 9.17) is 14.2 Å². The zero-order chi connectivity index (χ0) is 32.3. The van der Waals surface area contributed by atoms with E-state index in [-0.39, 0.29) is 51.0 Å². The number of thiazole rings is 1. The number of halogens is 1. The van der Waals surface area contributed by atoms with Crippen LogP contribution in [0, 0.1) is 10.1 Å². The van der Waals surface area contributed by atoms with Crippen molar-refractivity contribution in [2.75, 3.05) is 43.1 Å². The SMILES string of the molecule is CC(=O)OCCN(CCOC(C)=O)c1ccc(N=Nc2sc3cc([N+](=O)[O-])ccc3[n+]2C)c(NC(=O)COc2ccccc2)c1.[Cl-]. The van der Waals surface area contributed by atoms with Gasteiger partial charge in [0.15, 0.2) is 6.61 Å². The summed E-state index contributed by atoms with van der Waals surface area (Å²) in [4.78, 5) is 48.2. The second kappa shape index (κ2) is 16.8. The van der Waals surface area contributed by atoms with E-state index in [2.05, 4.69) is 15.5 Å². The van der Waals surface area contributed by atoms with Gasteiger partial charge in [0.1, 0.15) is 30.2 Å². The maximum atomic E-state index is 13.0. The lowest BCUT2D eigenvalue weighted by molar-refractivity contribution is -0.627. The number of aryl methyl sites for hydroxylation is 1. The standard InChI is InChI=1S/C30H30N6O8S.ClH/c1-20(37)42-15-13-35(14-16-43-21(2)38)22-9-11-25(26(17-22)31-29(39)19-44-24-7-5-4-6-8-24)32-33-30-34(3)27-12-10-23(36(40)41)18-28(27)45-30;/h4-12,17-18H,13-16,19H2,1-3H3;1H. The van der Waals surface area contributed by atoms with Gasteiger partial charge in [-0.2, -0.15) is 0 Å². The lowest BCUT2D eigenvalue weighted by Gasteiger charge is -2.25. The number of rotatable bonds is 14. The highest BCUT2D eigenvalue weighted by Gasteiger charge is 2.20. The topological polar surface area (TPSA) is 166 Å². The molecule has 0 unspecified atom stereocenters. The largest absolute Gasteiger partial charge is 1.00 e. The van der Waals surface area contributed by atoms with Crippen molar-refractivity contribution in [2.24, 2.45) is 17.3 Å². The summed E-state index contributed by atoms with van der Waals surface area (Å²) < 4.78 is 18.2. The molecule has 0 bridgehead atoms. The minimum Gasteiger partial charge on any atom is -1.00 e. The van der Waals surface area contributed by atoms with Crippen LogP contribution in [0.25, 0.3) is 10.2 Å². The number of azo groups is 1. The van der Waals surface area contributed by atoms with E-state index in [9.17, 15) is 24.5 Å². The zero-order valence-corrected chi connectivity index (χ0v) is 26.7. The molecule has 242 valence electrons. The molecular weight excluding hydrogens is 640 g/mol. The molecule has 1 heterocycles. The van der Waals surface area contributed by atoms with Crippen LogP contribution < -0.4 is 31.9 Å². The molecule has 0 saturated carbocycles. The third kappa shape index (κ3) is 9.93. The van der Waals surface area contributed by atoms with E-state index in [1.165, 1.54) is 37.3 Å². The zero-order valence-electron chi connectivity index (χ0n) is 25.2. The van der Waals surface area contributed by atoms with E-state index in [1.807, 2.05) is 11.0 Å². The van der Waals surface area contributed by atoms with Crippen molar-refractivity contribution in [3.8, 4) is 5.75 Å². The summed E-state index contributed by atoms with van der Waals surface area (Å²) in [5.74, 6) is -0.776. The predicted molar refractivity (Wildman–Crippen MR) is 166 cm³/mol. The number of nitro benzene ring substituents is 1. The van der Waals surface area contributed by atoms with Gasteiger partial charge in [-0.25, -0.2) is 4.57 Å². The lowest BCUT2D eigenvalue weighted by Crippen LogP contribution is -3.00. The Morgan fingerprint density at radius 1 is 0.957 bits per heavy atom. The molecule has 4 aromatic rings. The van der Waals surface area contributed by atoms with E-state index in [0.29, 0.717) is 32.6 Å². The molecule has 0 aliphatic rings. The number of benzene rings is 3. The molecule has 0 saturated heterocycles. The molecule has 46 heavy (non-hydrogen) atoms.